The van der Waals surface area contributed by atoms with Gasteiger partial charge in [0, 0.05) is 17.2 Å². The molecule has 5 atom stereocenters. The molecule has 0 amide bonds. The zero-order valence-electron chi connectivity index (χ0n) is 25.6. The summed E-state index contributed by atoms with van der Waals surface area (Å²) in [6.07, 6.45) is 8.14. The number of nitrogens with one attached hydrogen (secondary N) is 3. The summed E-state index contributed by atoms with van der Waals surface area (Å²) < 4.78 is 0. The van der Waals surface area contributed by atoms with Gasteiger partial charge < -0.3 is 10.2 Å². The maximum absolute atomic E-state index is 5.17. The van der Waals surface area contributed by atoms with Crippen LogP contribution in [0.5, 0.6) is 0 Å². The molecule has 2 aliphatic heterocycles. The molecule has 5 aromatic rings. The lowest BCUT2D eigenvalue weighted by Crippen LogP contribution is -2.66. The molecule has 0 spiro atoms. The number of nitrogens with zero attached hydrogens (tertiary/aromatic N) is 2. The van der Waals surface area contributed by atoms with Crippen LogP contribution in [0.15, 0.2) is 169 Å². The molecule has 0 saturated carbocycles. The average molecular weight is 600 g/mol. The largest absolute Gasteiger partial charge is 0.350 e. The monoisotopic (exact) mass is 599 g/mol. The summed E-state index contributed by atoms with van der Waals surface area (Å²) >= 11 is 0. The van der Waals surface area contributed by atoms with E-state index >= 15 is 0 Å². The molecular weight excluding hydrogens is 562 g/mol. The lowest BCUT2D eigenvalue weighted by atomic mass is 9.86. The topological polar surface area (TPSA) is 51.7 Å². The molecule has 5 nitrogen and oxygen atoms in total. The normalized spacial score (nSPS) is 23.9. The summed E-state index contributed by atoms with van der Waals surface area (Å²) in [6.45, 7) is 0. The second-order valence-electron chi connectivity index (χ2n) is 12.1. The molecule has 0 aromatic heterocycles. The van der Waals surface area contributed by atoms with Crippen LogP contribution in [0.25, 0.3) is 5.57 Å². The molecule has 46 heavy (non-hydrogen) atoms. The maximum atomic E-state index is 5.17. The molecule has 5 aromatic carbocycles. The van der Waals surface area contributed by atoms with E-state index in [1.165, 1.54) is 28.0 Å². The van der Waals surface area contributed by atoms with Gasteiger partial charge in [0.25, 0.3) is 0 Å². The van der Waals surface area contributed by atoms with Gasteiger partial charge in [-0.05, 0) is 52.4 Å². The second-order valence-corrected chi connectivity index (χ2v) is 12.1. The smallest absolute Gasteiger partial charge is 0.131 e. The molecule has 1 saturated heterocycles. The quantitative estimate of drug-likeness (QED) is 0.177. The molecule has 5 heteroatoms. The molecule has 5 unspecified atom stereocenters. The number of allylic oxidation sites excluding steroid dienone is 3. The summed E-state index contributed by atoms with van der Waals surface area (Å²) in [5.41, 5.74) is 8.37. The van der Waals surface area contributed by atoms with Gasteiger partial charge in [0.1, 0.15) is 24.3 Å². The molecule has 8 rings (SSSR count). The maximum Gasteiger partial charge on any atom is 0.131 e. The van der Waals surface area contributed by atoms with Crippen LogP contribution >= 0.6 is 0 Å². The summed E-state index contributed by atoms with van der Waals surface area (Å²) in [6, 6.07) is 51.3. The van der Waals surface area contributed by atoms with Crippen LogP contribution in [-0.4, -0.2) is 12.0 Å². The van der Waals surface area contributed by atoms with E-state index in [0.29, 0.717) is 5.92 Å². The highest BCUT2D eigenvalue weighted by atomic mass is 15.5. The van der Waals surface area contributed by atoms with E-state index in [1.807, 2.05) is 6.07 Å². The molecule has 1 fully saturated rings. The molecular formula is C41H37N5. The van der Waals surface area contributed by atoms with Gasteiger partial charge in [0.05, 0.1) is 6.17 Å². The molecule has 2 heterocycles. The zero-order valence-corrected chi connectivity index (χ0v) is 25.6. The fourth-order valence-electron chi connectivity index (χ4n) is 6.83. The van der Waals surface area contributed by atoms with Crippen molar-refractivity contribution in [2.24, 2.45) is 10.9 Å². The van der Waals surface area contributed by atoms with Gasteiger partial charge >= 0.3 is 0 Å². The third-order valence-corrected chi connectivity index (χ3v) is 9.16. The molecule has 3 N–H and O–H groups in total. The van der Waals surface area contributed by atoms with Crippen molar-refractivity contribution in [1.29, 1.82) is 0 Å². The van der Waals surface area contributed by atoms with E-state index in [0.717, 1.165) is 23.4 Å². The van der Waals surface area contributed by atoms with Crippen molar-refractivity contribution in [3.63, 3.8) is 0 Å². The van der Waals surface area contributed by atoms with Crippen molar-refractivity contribution in [2.75, 3.05) is 4.90 Å². The predicted molar refractivity (Wildman–Crippen MR) is 188 cm³/mol. The number of rotatable bonds is 7. The van der Waals surface area contributed by atoms with E-state index in [2.05, 4.69) is 179 Å². The van der Waals surface area contributed by atoms with Gasteiger partial charge in [0.2, 0.25) is 0 Å². The van der Waals surface area contributed by atoms with Crippen molar-refractivity contribution in [1.82, 2.24) is 16.0 Å². The number of aliphatic imine (C=N–C) groups is 1. The van der Waals surface area contributed by atoms with Crippen LogP contribution in [0.3, 0.4) is 0 Å². The SMILES string of the molecule is C1=CC(c2cccc(C3N=C(c4ccccc4)NC(c4ccccc4)N3)c2)=CC(C2NC(c3ccccc3)N2c2ccccc2)C1. The Labute approximate surface area is 271 Å². The van der Waals surface area contributed by atoms with Crippen molar-refractivity contribution >= 4 is 17.1 Å². The highest BCUT2D eigenvalue weighted by Gasteiger charge is 2.42. The summed E-state index contributed by atoms with van der Waals surface area (Å²) in [5.74, 6) is 1.22. The van der Waals surface area contributed by atoms with E-state index in [1.54, 1.807) is 0 Å². The van der Waals surface area contributed by atoms with Gasteiger partial charge in [-0.2, -0.15) is 0 Å². The van der Waals surface area contributed by atoms with E-state index in [-0.39, 0.29) is 24.7 Å². The Morgan fingerprint density at radius 1 is 0.609 bits per heavy atom. The lowest BCUT2D eigenvalue weighted by molar-refractivity contribution is 0.221. The van der Waals surface area contributed by atoms with Crippen LogP contribution in [-0.2, 0) is 0 Å². The lowest BCUT2D eigenvalue weighted by Gasteiger charge is -2.54. The molecule has 1 aliphatic carbocycles. The number of para-hydroxylation sites is 1. The standard InChI is InChI=1S/C41H37N5/c1-5-15-29(16-6-1)37-42-38(30-17-7-2-8-18-30)44-39(43-37)34-23-13-21-32(27-34)33-22-14-24-35(28-33)41-45-40(31-19-9-3-10-20-31)46(41)36-25-11-4-12-26-36/h1-23,25-28,35,37,39-41,43,45H,24H2,(H,42,44). The van der Waals surface area contributed by atoms with Crippen molar-refractivity contribution in [3.8, 4) is 0 Å². The van der Waals surface area contributed by atoms with Gasteiger partial charge in [-0.25, -0.2) is 4.99 Å². The summed E-state index contributed by atoms with van der Waals surface area (Å²) in [7, 11) is 0. The van der Waals surface area contributed by atoms with Crippen LogP contribution in [0.1, 0.15) is 52.7 Å². The van der Waals surface area contributed by atoms with Crippen molar-refractivity contribution in [2.45, 2.75) is 31.1 Å². The summed E-state index contributed by atoms with van der Waals surface area (Å²) in [4.78, 5) is 7.70. The first kappa shape index (κ1) is 28.3. The van der Waals surface area contributed by atoms with Crippen LogP contribution in [0.4, 0.5) is 5.69 Å². The Morgan fingerprint density at radius 3 is 1.98 bits per heavy atom. The fourth-order valence-corrected chi connectivity index (χ4v) is 6.83. The van der Waals surface area contributed by atoms with Crippen LogP contribution < -0.4 is 20.9 Å². The van der Waals surface area contributed by atoms with Crippen molar-refractivity contribution in [3.05, 3.63) is 192 Å². The number of amidine groups is 1. The zero-order chi connectivity index (χ0) is 30.7. The number of hydrogen-bond donors (Lipinski definition) is 3. The minimum absolute atomic E-state index is 0.0630. The number of hydrogen-bond acceptors (Lipinski definition) is 5. The molecule has 3 aliphatic rings. The Bertz CT molecular complexity index is 1870. The first-order valence-corrected chi connectivity index (χ1v) is 16.1. The van der Waals surface area contributed by atoms with Gasteiger partial charge in [0.15, 0.2) is 0 Å². The Balaban J connectivity index is 1.09. The third-order valence-electron chi connectivity index (χ3n) is 9.16. The Kier molecular flexibility index (Phi) is 7.76. The molecule has 0 bridgehead atoms. The Morgan fingerprint density at radius 2 is 1.24 bits per heavy atom. The minimum Gasteiger partial charge on any atom is -0.350 e. The predicted octanol–water partition coefficient (Wildman–Crippen LogP) is 8.12. The average Bonchev–Trinajstić information content (AvgIpc) is 3.13. The minimum atomic E-state index is -0.195. The van der Waals surface area contributed by atoms with Gasteiger partial charge in [-0.15, -0.1) is 0 Å². The van der Waals surface area contributed by atoms with Crippen molar-refractivity contribution < 1.29 is 0 Å². The van der Waals surface area contributed by atoms with Crippen LogP contribution in [0.2, 0.25) is 0 Å². The first-order valence-electron chi connectivity index (χ1n) is 16.1. The van der Waals surface area contributed by atoms with E-state index in [9.17, 15) is 0 Å². The molecule has 226 valence electrons. The highest BCUT2D eigenvalue weighted by Crippen LogP contribution is 2.40. The van der Waals surface area contributed by atoms with E-state index < -0.39 is 0 Å². The third kappa shape index (κ3) is 5.67. The second kappa shape index (κ2) is 12.6. The van der Waals surface area contributed by atoms with Crippen LogP contribution in [0, 0.1) is 5.92 Å². The fraction of sp³-hybridized carbons (Fsp3) is 0.146. The van der Waals surface area contributed by atoms with E-state index in [4.69, 9.17) is 4.99 Å². The number of benzene rings is 5. The Hall–Kier alpha value is -5.23. The molecule has 0 radical (unpaired) electrons. The summed E-state index contributed by atoms with van der Waals surface area (Å²) in [5, 5.41) is 11.3. The van der Waals surface area contributed by atoms with Gasteiger partial charge in [-0.1, -0.05) is 146 Å². The van der Waals surface area contributed by atoms with Gasteiger partial charge in [-0.3, -0.25) is 10.6 Å². The highest BCUT2D eigenvalue weighted by molar-refractivity contribution is 5.99. The number of anilines is 1. The first-order chi connectivity index (χ1) is 22.8.